The second-order valence-corrected chi connectivity index (χ2v) is 29.7. The van der Waals surface area contributed by atoms with E-state index in [0.717, 1.165) is 11.8 Å². The van der Waals surface area contributed by atoms with Crippen LogP contribution in [0.1, 0.15) is 65.7 Å². The first-order valence-electron chi connectivity index (χ1n) is 15.1. The van der Waals surface area contributed by atoms with Crippen LogP contribution in [0.4, 0.5) is 0 Å². The molecule has 0 spiro atoms. The first kappa shape index (κ1) is 29.3. The van der Waals surface area contributed by atoms with Gasteiger partial charge in [-0.05, 0) is 145 Å². The summed E-state index contributed by atoms with van der Waals surface area (Å²) in [6.45, 7) is 28.9. The van der Waals surface area contributed by atoms with Gasteiger partial charge in [-0.15, -0.1) is 0 Å². The summed E-state index contributed by atoms with van der Waals surface area (Å²) in [5.41, 5.74) is 2.31. The molecule has 3 saturated carbocycles. The van der Waals surface area contributed by atoms with Crippen molar-refractivity contribution in [2.45, 2.75) is 143 Å². The zero-order chi connectivity index (χ0) is 26.9. The zero-order valence-electron chi connectivity index (χ0n) is 25.8. The summed E-state index contributed by atoms with van der Waals surface area (Å²) in [5.74, 6) is 2.91. The monoisotopic (exact) mass is 550 g/mol. The molecule has 4 rings (SSSR count). The number of hydrogen-bond donors (Lipinski definition) is 0. The molecule has 0 heterocycles. The second-order valence-electron chi connectivity index (χ2n) is 16.3. The molecular formula is C30H58O3Si3. The van der Waals surface area contributed by atoms with E-state index in [9.17, 15) is 0 Å². The quantitative estimate of drug-likeness (QED) is 0.234. The molecule has 4 aliphatic carbocycles. The summed E-state index contributed by atoms with van der Waals surface area (Å²) in [6.07, 6.45) is 12.7. The van der Waals surface area contributed by atoms with Crippen molar-refractivity contribution in [2.24, 2.45) is 34.5 Å². The van der Waals surface area contributed by atoms with Gasteiger partial charge in [0.2, 0.25) is 0 Å². The summed E-state index contributed by atoms with van der Waals surface area (Å²) in [5, 5.41) is 0. The third-order valence-corrected chi connectivity index (χ3v) is 13.3. The van der Waals surface area contributed by atoms with Gasteiger partial charge in [-0.25, -0.2) is 0 Å². The van der Waals surface area contributed by atoms with Crippen LogP contribution in [0.15, 0.2) is 11.6 Å². The highest BCUT2D eigenvalue weighted by Crippen LogP contribution is 2.68. The van der Waals surface area contributed by atoms with Crippen LogP contribution in [0.3, 0.4) is 0 Å². The summed E-state index contributed by atoms with van der Waals surface area (Å²) >= 11 is 0. The van der Waals surface area contributed by atoms with E-state index in [4.69, 9.17) is 13.3 Å². The van der Waals surface area contributed by atoms with Gasteiger partial charge in [0.15, 0.2) is 25.0 Å². The molecular weight excluding hydrogens is 493 g/mol. The minimum atomic E-state index is -1.68. The van der Waals surface area contributed by atoms with Crippen molar-refractivity contribution in [1.29, 1.82) is 0 Å². The number of fused-ring (bicyclic) bond motifs is 5. The Labute approximate surface area is 226 Å². The molecule has 3 nitrogen and oxygen atoms in total. The zero-order valence-corrected chi connectivity index (χ0v) is 28.8. The van der Waals surface area contributed by atoms with Gasteiger partial charge < -0.3 is 13.3 Å². The van der Waals surface area contributed by atoms with Crippen LogP contribution in [0.25, 0.3) is 0 Å². The van der Waals surface area contributed by atoms with Crippen molar-refractivity contribution in [2.75, 3.05) is 0 Å². The highest BCUT2D eigenvalue weighted by Gasteiger charge is 2.63. The molecule has 9 atom stereocenters. The molecule has 5 unspecified atom stereocenters. The Bertz CT molecular complexity index is 838. The Morgan fingerprint density at radius 2 is 1.47 bits per heavy atom. The van der Waals surface area contributed by atoms with Crippen LogP contribution in [-0.4, -0.2) is 43.3 Å². The molecule has 0 radical (unpaired) electrons. The average Bonchev–Trinajstić information content (AvgIpc) is 3.01. The van der Waals surface area contributed by atoms with Crippen molar-refractivity contribution in [1.82, 2.24) is 0 Å². The first-order chi connectivity index (χ1) is 16.3. The number of allylic oxidation sites excluding steroid dienone is 1. The maximum Gasteiger partial charge on any atom is 0.184 e. The molecule has 4 aliphatic rings. The fourth-order valence-electron chi connectivity index (χ4n) is 9.35. The summed E-state index contributed by atoms with van der Waals surface area (Å²) in [6, 6.07) is 0. The number of rotatable bonds is 7. The lowest BCUT2D eigenvalue weighted by Crippen LogP contribution is -2.59. The smallest absolute Gasteiger partial charge is 0.184 e. The number of hydrogen-bond acceptors (Lipinski definition) is 3. The molecule has 0 saturated heterocycles. The molecule has 0 N–H and O–H groups in total. The molecule has 36 heavy (non-hydrogen) atoms. The second kappa shape index (κ2) is 9.72. The Hall–Kier alpha value is 0.271. The molecule has 208 valence electrons. The third kappa shape index (κ3) is 5.89. The van der Waals surface area contributed by atoms with Crippen molar-refractivity contribution >= 4 is 25.0 Å². The third-order valence-electron chi connectivity index (χ3n) is 10.2. The highest BCUT2D eigenvalue weighted by atomic mass is 28.4. The fraction of sp³-hybridized carbons (Fsp3) is 0.933. The van der Waals surface area contributed by atoms with Gasteiger partial charge in [0.25, 0.3) is 0 Å². The molecule has 6 heteroatoms. The van der Waals surface area contributed by atoms with E-state index >= 15 is 0 Å². The van der Waals surface area contributed by atoms with Crippen LogP contribution >= 0.6 is 0 Å². The summed E-state index contributed by atoms with van der Waals surface area (Å²) in [4.78, 5) is 0. The van der Waals surface area contributed by atoms with E-state index in [1.807, 2.05) is 0 Å². The van der Waals surface area contributed by atoms with Crippen molar-refractivity contribution in [3.63, 3.8) is 0 Å². The van der Waals surface area contributed by atoms with Gasteiger partial charge in [0.1, 0.15) is 0 Å². The molecule has 0 aromatic carbocycles. The Morgan fingerprint density at radius 1 is 0.833 bits per heavy atom. The Kier molecular flexibility index (Phi) is 7.90. The molecule has 0 amide bonds. The minimum Gasteiger partial charge on any atom is -0.415 e. The Morgan fingerprint density at radius 3 is 2.06 bits per heavy atom. The predicted octanol–water partition coefficient (Wildman–Crippen LogP) is 8.86. The van der Waals surface area contributed by atoms with Crippen molar-refractivity contribution in [3.8, 4) is 0 Å². The molecule has 3 fully saturated rings. The maximum absolute atomic E-state index is 7.23. The van der Waals surface area contributed by atoms with E-state index in [0.29, 0.717) is 35.6 Å². The van der Waals surface area contributed by atoms with Gasteiger partial charge in [-0.3, -0.25) is 0 Å². The van der Waals surface area contributed by atoms with Gasteiger partial charge in [0.05, 0.1) is 6.10 Å². The molecule has 0 bridgehead atoms. The van der Waals surface area contributed by atoms with Gasteiger partial charge >= 0.3 is 0 Å². The van der Waals surface area contributed by atoms with Crippen molar-refractivity contribution < 1.29 is 13.3 Å². The lowest BCUT2D eigenvalue weighted by Gasteiger charge is -2.62. The van der Waals surface area contributed by atoms with Crippen LogP contribution in [-0.2, 0) is 13.3 Å². The highest BCUT2D eigenvalue weighted by molar-refractivity contribution is 6.70. The summed E-state index contributed by atoms with van der Waals surface area (Å²) < 4.78 is 20.6. The van der Waals surface area contributed by atoms with Gasteiger partial charge in [-0.2, -0.15) is 0 Å². The van der Waals surface area contributed by atoms with Crippen LogP contribution in [0.2, 0.25) is 58.9 Å². The maximum atomic E-state index is 7.23. The molecule has 0 aliphatic heterocycles. The van der Waals surface area contributed by atoms with E-state index in [2.05, 4.69) is 85.8 Å². The van der Waals surface area contributed by atoms with Crippen LogP contribution in [0, 0.1) is 34.5 Å². The minimum absolute atomic E-state index is 0.270. The predicted molar refractivity (Wildman–Crippen MR) is 161 cm³/mol. The average molecular weight is 551 g/mol. The van der Waals surface area contributed by atoms with E-state index in [1.54, 1.807) is 5.57 Å². The van der Waals surface area contributed by atoms with Crippen LogP contribution in [0.5, 0.6) is 0 Å². The normalized spacial score (nSPS) is 42.3. The van der Waals surface area contributed by atoms with E-state index in [1.165, 1.54) is 44.9 Å². The topological polar surface area (TPSA) is 27.7 Å². The SMILES string of the molecule is C[C@@H](O[Si](C)(C)C)[C@H]1CCC2C3CCC4=CC(O[Si](C)(C)C)CC[C@]4(C)C3C(O[Si](C)(C)C)C[C@@]21C. The molecule has 0 aromatic heterocycles. The molecule has 0 aromatic rings. The van der Waals surface area contributed by atoms with Gasteiger partial charge in [-0.1, -0.05) is 25.5 Å². The van der Waals surface area contributed by atoms with Crippen LogP contribution < -0.4 is 0 Å². The Balaban J connectivity index is 1.67. The standard InChI is InChI=1S/C30H58O3Si3/c1-21(31-34(4,5)6)25-15-16-26-24-14-13-22-19-23(32-35(7,8)9)17-18-29(22,2)28(24)27(20-30(25,26)3)33-36(10,11)12/h19,21,23-28H,13-18,20H2,1-12H3/t21-,23?,24?,25-,26?,27?,28?,29+,30-/m1/s1. The lowest BCUT2D eigenvalue weighted by molar-refractivity contribution is -0.131. The largest absolute Gasteiger partial charge is 0.415 e. The van der Waals surface area contributed by atoms with Gasteiger partial charge in [0, 0.05) is 12.2 Å². The van der Waals surface area contributed by atoms with E-state index < -0.39 is 25.0 Å². The summed E-state index contributed by atoms with van der Waals surface area (Å²) in [7, 11) is -4.79. The first-order valence-corrected chi connectivity index (χ1v) is 25.3. The van der Waals surface area contributed by atoms with Crippen molar-refractivity contribution in [3.05, 3.63) is 11.6 Å². The van der Waals surface area contributed by atoms with E-state index in [-0.39, 0.29) is 5.41 Å². The lowest BCUT2D eigenvalue weighted by atomic mass is 9.45. The fourth-order valence-corrected chi connectivity index (χ4v) is 12.9.